The maximum absolute atomic E-state index is 12.8. The monoisotopic (exact) mass is 401 g/mol. The fourth-order valence-electron chi connectivity index (χ4n) is 2.65. The Morgan fingerprint density at radius 1 is 1.19 bits per heavy atom. The molecule has 1 saturated heterocycles. The van der Waals surface area contributed by atoms with Crippen molar-refractivity contribution in [1.82, 2.24) is 10.3 Å². The Balaban J connectivity index is 0.00000169. The molecule has 0 radical (unpaired) electrons. The Morgan fingerprint density at radius 2 is 1.92 bits per heavy atom. The Kier molecular flexibility index (Phi) is 9.34. The molecule has 1 aromatic carbocycles. The first kappa shape index (κ1) is 22.2. The number of anilines is 1. The van der Waals surface area contributed by atoms with Crippen LogP contribution in [0.1, 0.15) is 19.3 Å². The van der Waals surface area contributed by atoms with Gasteiger partial charge in [0.1, 0.15) is 23.1 Å². The first-order valence-electron chi connectivity index (χ1n) is 8.09. The average molecular weight is 402 g/mol. The van der Waals surface area contributed by atoms with Crippen LogP contribution >= 0.6 is 24.8 Å². The van der Waals surface area contributed by atoms with Crippen LogP contribution in [0, 0.1) is 11.7 Å². The second kappa shape index (κ2) is 11.0. The van der Waals surface area contributed by atoms with Crippen molar-refractivity contribution < 1.29 is 13.9 Å². The number of hydrogen-bond acceptors (Lipinski definition) is 4. The van der Waals surface area contributed by atoms with Crippen molar-refractivity contribution in [3.63, 3.8) is 0 Å². The fraction of sp³-hybridized carbons (Fsp3) is 0.333. The third-order valence-electron chi connectivity index (χ3n) is 4.00. The van der Waals surface area contributed by atoms with Gasteiger partial charge in [-0.15, -0.1) is 24.8 Å². The van der Waals surface area contributed by atoms with E-state index >= 15 is 0 Å². The van der Waals surface area contributed by atoms with Gasteiger partial charge in [0.2, 0.25) is 5.91 Å². The molecule has 1 aliphatic heterocycles. The first-order valence-corrected chi connectivity index (χ1v) is 8.09. The van der Waals surface area contributed by atoms with E-state index in [0.717, 1.165) is 25.9 Å². The summed E-state index contributed by atoms with van der Waals surface area (Å²) < 4.78 is 18.4. The van der Waals surface area contributed by atoms with Gasteiger partial charge in [-0.3, -0.25) is 4.79 Å². The lowest BCUT2D eigenvalue weighted by atomic mass is 10.0. The fourth-order valence-corrected chi connectivity index (χ4v) is 2.65. The number of aromatic nitrogens is 1. The molecule has 0 aliphatic carbocycles. The summed E-state index contributed by atoms with van der Waals surface area (Å²) in [7, 11) is 0. The van der Waals surface area contributed by atoms with Crippen LogP contribution in [0.3, 0.4) is 0 Å². The van der Waals surface area contributed by atoms with E-state index in [0.29, 0.717) is 29.7 Å². The minimum atomic E-state index is -0.313. The molecule has 2 N–H and O–H groups in total. The van der Waals surface area contributed by atoms with Crippen molar-refractivity contribution in [2.24, 2.45) is 5.92 Å². The topological polar surface area (TPSA) is 63.2 Å². The highest BCUT2D eigenvalue weighted by Gasteiger charge is 2.15. The third kappa shape index (κ3) is 6.78. The molecule has 2 aromatic rings. The van der Waals surface area contributed by atoms with Gasteiger partial charge < -0.3 is 15.4 Å². The molecule has 1 aromatic heterocycles. The van der Waals surface area contributed by atoms with Gasteiger partial charge in [-0.05, 0) is 68.2 Å². The van der Waals surface area contributed by atoms with E-state index in [9.17, 15) is 9.18 Å². The second-order valence-corrected chi connectivity index (χ2v) is 5.88. The number of amides is 1. The predicted octanol–water partition coefficient (Wildman–Crippen LogP) is 4.18. The zero-order valence-corrected chi connectivity index (χ0v) is 15.7. The van der Waals surface area contributed by atoms with E-state index in [1.807, 2.05) is 0 Å². The molecule has 142 valence electrons. The molecular formula is C18H22Cl2FN3O2. The largest absolute Gasteiger partial charge is 0.456 e. The highest BCUT2D eigenvalue weighted by atomic mass is 35.5. The lowest BCUT2D eigenvalue weighted by molar-refractivity contribution is -0.116. The van der Waals surface area contributed by atoms with Crippen molar-refractivity contribution in [2.45, 2.75) is 19.3 Å². The van der Waals surface area contributed by atoms with E-state index in [4.69, 9.17) is 4.74 Å². The molecule has 8 heteroatoms. The lowest BCUT2D eigenvalue weighted by Crippen LogP contribution is -2.15. The van der Waals surface area contributed by atoms with Gasteiger partial charge in [-0.2, -0.15) is 0 Å². The summed E-state index contributed by atoms with van der Waals surface area (Å²) in [5, 5.41) is 6.09. The molecular weight excluding hydrogens is 380 g/mol. The number of benzene rings is 1. The first-order chi connectivity index (χ1) is 11.7. The minimum absolute atomic E-state index is 0. The van der Waals surface area contributed by atoms with Gasteiger partial charge in [-0.25, -0.2) is 9.37 Å². The molecule has 0 saturated carbocycles. The van der Waals surface area contributed by atoms with Crippen LogP contribution in [0.4, 0.5) is 10.2 Å². The zero-order chi connectivity index (χ0) is 16.8. The van der Waals surface area contributed by atoms with E-state index < -0.39 is 0 Å². The Hall–Kier alpha value is -1.89. The summed E-state index contributed by atoms with van der Waals surface area (Å²) in [5.74, 6) is 1.80. The molecule has 1 fully saturated rings. The summed E-state index contributed by atoms with van der Waals surface area (Å²) in [6.07, 6.45) is 4.06. The van der Waals surface area contributed by atoms with E-state index in [2.05, 4.69) is 15.6 Å². The maximum atomic E-state index is 12.8. The molecule has 1 atom stereocenters. The van der Waals surface area contributed by atoms with Crippen molar-refractivity contribution >= 4 is 36.5 Å². The van der Waals surface area contributed by atoms with Gasteiger partial charge in [-0.1, -0.05) is 0 Å². The number of carbonyl (C=O) groups excluding carboxylic acids is 1. The van der Waals surface area contributed by atoms with E-state index in [1.54, 1.807) is 24.3 Å². The average Bonchev–Trinajstić information content (AvgIpc) is 3.10. The van der Waals surface area contributed by atoms with Gasteiger partial charge in [0.05, 0.1) is 6.20 Å². The normalized spacial score (nSPS) is 15.5. The van der Waals surface area contributed by atoms with Crippen LogP contribution in [0.15, 0.2) is 42.6 Å². The molecule has 3 rings (SSSR count). The van der Waals surface area contributed by atoms with Crippen LogP contribution < -0.4 is 15.4 Å². The quantitative estimate of drug-likeness (QED) is 0.761. The van der Waals surface area contributed by atoms with Gasteiger partial charge in [0, 0.05) is 6.42 Å². The Morgan fingerprint density at radius 3 is 2.54 bits per heavy atom. The SMILES string of the molecule is Cl.Cl.O=C(CCC1CCNC1)Nc1ccc(Oc2ccc(F)cc2)cn1. The minimum Gasteiger partial charge on any atom is -0.456 e. The second-order valence-electron chi connectivity index (χ2n) is 5.88. The Labute approximate surface area is 164 Å². The van der Waals surface area contributed by atoms with Crippen LogP contribution in [0.25, 0.3) is 0 Å². The number of rotatable bonds is 6. The van der Waals surface area contributed by atoms with Crippen LogP contribution in [-0.2, 0) is 4.79 Å². The molecule has 5 nitrogen and oxygen atoms in total. The molecule has 1 amide bonds. The number of pyridine rings is 1. The van der Waals surface area contributed by atoms with E-state index in [-0.39, 0.29) is 36.5 Å². The van der Waals surface area contributed by atoms with Crippen molar-refractivity contribution in [1.29, 1.82) is 0 Å². The summed E-state index contributed by atoms with van der Waals surface area (Å²) in [5.41, 5.74) is 0. The standard InChI is InChI=1S/C18H20FN3O2.2ClH/c19-14-2-4-15(5-3-14)24-16-6-7-17(21-12-16)22-18(23)8-1-13-9-10-20-11-13;;/h2-7,12-13,20H,1,8-11H2,(H,21,22,23);2*1H. The smallest absolute Gasteiger partial charge is 0.225 e. The number of hydrogen-bond donors (Lipinski definition) is 2. The maximum Gasteiger partial charge on any atom is 0.225 e. The number of halogens is 3. The third-order valence-corrected chi connectivity index (χ3v) is 4.00. The Bertz CT molecular complexity index is 678. The number of carbonyl (C=O) groups is 1. The van der Waals surface area contributed by atoms with Crippen molar-refractivity contribution in [3.8, 4) is 11.5 Å². The summed E-state index contributed by atoms with van der Waals surface area (Å²) in [6, 6.07) is 9.15. The summed E-state index contributed by atoms with van der Waals surface area (Å²) >= 11 is 0. The molecule has 1 aliphatic rings. The highest BCUT2D eigenvalue weighted by Crippen LogP contribution is 2.22. The highest BCUT2D eigenvalue weighted by molar-refractivity contribution is 5.89. The summed E-state index contributed by atoms with van der Waals surface area (Å²) in [4.78, 5) is 16.1. The molecule has 1 unspecified atom stereocenters. The number of nitrogens with one attached hydrogen (secondary N) is 2. The molecule has 0 spiro atoms. The summed E-state index contributed by atoms with van der Waals surface area (Å²) in [6.45, 7) is 2.05. The lowest BCUT2D eigenvalue weighted by Gasteiger charge is -2.09. The van der Waals surface area contributed by atoms with Crippen LogP contribution in [0.5, 0.6) is 11.5 Å². The van der Waals surface area contributed by atoms with Gasteiger partial charge >= 0.3 is 0 Å². The zero-order valence-electron chi connectivity index (χ0n) is 14.1. The van der Waals surface area contributed by atoms with Crippen LogP contribution in [-0.4, -0.2) is 24.0 Å². The van der Waals surface area contributed by atoms with Crippen LogP contribution in [0.2, 0.25) is 0 Å². The predicted molar refractivity (Wildman–Crippen MR) is 104 cm³/mol. The van der Waals surface area contributed by atoms with Crippen molar-refractivity contribution in [3.05, 3.63) is 48.4 Å². The number of nitrogens with zero attached hydrogens (tertiary/aromatic N) is 1. The van der Waals surface area contributed by atoms with Gasteiger partial charge in [0.25, 0.3) is 0 Å². The molecule has 2 heterocycles. The molecule has 0 bridgehead atoms. The van der Waals surface area contributed by atoms with Gasteiger partial charge in [0.15, 0.2) is 0 Å². The van der Waals surface area contributed by atoms with Crippen molar-refractivity contribution in [2.75, 3.05) is 18.4 Å². The molecule has 26 heavy (non-hydrogen) atoms. The number of ether oxygens (including phenoxy) is 1. The van der Waals surface area contributed by atoms with E-state index in [1.165, 1.54) is 18.3 Å².